The summed E-state index contributed by atoms with van der Waals surface area (Å²) in [5, 5.41) is 4.08. The number of aliphatic imine (C=N–C) groups is 1. The molecule has 0 spiro atoms. The molecular formula is C20H22FN3O2S2. The van der Waals surface area contributed by atoms with E-state index >= 15 is 0 Å². The predicted octanol–water partition coefficient (Wildman–Crippen LogP) is 3.97. The molecule has 2 heterocycles. The zero-order chi connectivity index (χ0) is 20.1. The average molecular weight is 420 g/mol. The van der Waals surface area contributed by atoms with Crippen molar-refractivity contribution in [1.29, 1.82) is 0 Å². The van der Waals surface area contributed by atoms with Gasteiger partial charge in [0.25, 0.3) is 0 Å². The Kier molecular flexibility index (Phi) is 7.01. The molecule has 0 fully saturated rings. The van der Waals surface area contributed by atoms with E-state index in [1.807, 2.05) is 0 Å². The number of methoxy groups -OCH3 is 1. The normalized spacial score (nSPS) is 14.2. The topological polar surface area (TPSA) is 55.7 Å². The Morgan fingerprint density at radius 1 is 1.43 bits per heavy atom. The van der Waals surface area contributed by atoms with Gasteiger partial charge in [-0.25, -0.2) is 9.37 Å². The van der Waals surface area contributed by atoms with Crippen molar-refractivity contribution in [3.63, 3.8) is 0 Å². The highest BCUT2D eigenvalue weighted by Crippen LogP contribution is 2.40. The Morgan fingerprint density at radius 2 is 2.25 bits per heavy atom. The number of rotatable bonds is 8. The van der Waals surface area contributed by atoms with Crippen molar-refractivity contribution in [3.05, 3.63) is 56.6 Å². The molecule has 1 aliphatic rings. The second kappa shape index (κ2) is 9.47. The first kappa shape index (κ1) is 20.7. The average Bonchev–Trinajstić information content (AvgIpc) is 3.10. The fourth-order valence-corrected chi connectivity index (χ4v) is 4.28. The molecule has 0 saturated heterocycles. The summed E-state index contributed by atoms with van der Waals surface area (Å²) in [4.78, 5) is 10.6. The third-order valence-electron chi connectivity index (χ3n) is 4.25. The Bertz CT molecular complexity index is 901. The van der Waals surface area contributed by atoms with Gasteiger partial charge >= 0.3 is 0 Å². The van der Waals surface area contributed by atoms with Crippen molar-refractivity contribution in [2.45, 2.75) is 13.0 Å². The highest BCUT2D eigenvalue weighted by atomic mass is 32.1. The molecule has 1 N–H and O–H groups in total. The molecule has 1 aromatic heterocycles. The first-order valence-electron chi connectivity index (χ1n) is 8.75. The molecule has 0 bridgehead atoms. The van der Waals surface area contributed by atoms with Gasteiger partial charge in [0.15, 0.2) is 0 Å². The van der Waals surface area contributed by atoms with Crippen molar-refractivity contribution in [2.75, 3.05) is 26.9 Å². The largest absolute Gasteiger partial charge is 0.490 e. The number of nitrogens with one attached hydrogen (secondary N) is 1. The van der Waals surface area contributed by atoms with E-state index in [9.17, 15) is 4.39 Å². The molecule has 0 amide bonds. The van der Waals surface area contributed by atoms with Crippen LogP contribution in [0.3, 0.4) is 0 Å². The van der Waals surface area contributed by atoms with Gasteiger partial charge in [0.1, 0.15) is 28.9 Å². The molecule has 28 heavy (non-hydrogen) atoms. The molecule has 0 atom stereocenters. The van der Waals surface area contributed by atoms with Crippen molar-refractivity contribution < 1.29 is 13.9 Å². The van der Waals surface area contributed by atoms with E-state index in [1.165, 1.54) is 17.0 Å². The van der Waals surface area contributed by atoms with E-state index in [0.717, 1.165) is 30.2 Å². The number of aromatic nitrogens is 1. The summed E-state index contributed by atoms with van der Waals surface area (Å²) in [5.74, 6) is -0.0319. The predicted molar refractivity (Wildman–Crippen MR) is 116 cm³/mol. The monoisotopic (exact) mass is 419 g/mol. The number of benzene rings is 1. The highest BCUT2D eigenvalue weighted by molar-refractivity contribution is 7.85. The number of thiol groups is 1. The molecule has 2 aromatic rings. The lowest BCUT2D eigenvalue weighted by molar-refractivity contribution is 0.146. The Labute approximate surface area is 173 Å². The van der Waals surface area contributed by atoms with Crippen LogP contribution >= 0.6 is 24.0 Å². The van der Waals surface area contributed by atoms with Crippen LogP contribution in [0.1, 0.15) is 21.1 Å². The van der Waals surface area contributed by atoms with Crippen molar-refractivity contribution in [2.24, 2.45) is 4.99 Å². The summed E-state index contributed by atoms with van der Waals surface area (Å²) < 4.78 is 24.6. The summed E-state index contributed by atoms with van der Waals surface area (Å²) in [6, 6.07) is 4.33. The molecule has 148 valence electrons. The zero-order valence-corrected chi connectivity index (χ0v) is 17.3. The van der Waals surface area contributed by atoms with E-state index < -0.39 is 5.82 Å². The number of thiazole rings is 1. The molecule has 0 radical (unpaired) electrons. The lowest BCUT2D eigenvalue weighted by Gasteiger charge is -2.16. The fourth-order valence-electron chi connectivity index (χ4n) is 2.96. The van der Waals surface area contributed by atoms with Crippen LogP contribution in [0.25, 0.3) is 11.3 Å². The van der Waals surface area contributed by atoms with Gasteiger partial charge in [0, 0.05) is 53.6 Å². The SMILES string of the molecule is C=N/C(=C(\C(=C)S)c1ccc(F)cc1OCCOC)c1nc2c(s1)CNCC2. The first-order chi connectivity index (χ1) is 13.5. The number of hydrogen-bond donors (Lipinski definition) is 2. The van der Waals surface area contributed by atoms with Gasteiger partial charge in [-0.15, -0.1) is 24.0 Å². The Balaban J connectivity index is 2.12. The van der Waals surface area contributed by atoms with Gasteiger partial charge in [0.2, 0.25) is 0 Å². The standard InChI is InChI=1S/C20H22FN3O2S2/c1-12(27)18(14-5-4-13(21)10-16(14)26-9-8-25-3)19(22-2)20-24-15-6-7-23-11-17(15)28-20/h4-5,10,23,27H,1-2,6-9,11H2,3H3/b19-18+. The lowest BCUT2D eigenvalue weighted by atomic mass is 10.0. The van der Waals surface area contributed by atoms with E-state index in [0.29, 0.717) is 34.1 Å². The third-order valence-corrected chi connectivity index (χ3v) is 5.57. The number of ether oxygens (including phenoxy) is 2. The molecule has 0 saturated carbocycles. The molecule has 5 nitrogen and oxygen atoms in total. The van der Waals surface area contributed by atoms with Crippen molar-refractivity contribution in [1.82, 2.24) is 10.3 Å². The molecular weight excluding hydrogens is 397 g/mol. The molecule has 0 unspecified atom stereocenters. The lowest BCUT2D eigenvalue weighted by Crippen LogP contribution is -2.22. The van der Waals surface area contributed by atoms with Gasteiger partial charge in [-0.05, 0) is 18.9 Å². The van der Waals surface area contributed by atoms with E-state index in [-0.39, 0.29) is 6.61 Å². The first-order valence-corrected chi connectivity index (χ1v) is 10.0. The summed E-state index contributed by atoms with van der Waals surface area (Å²) in [7, 11) is 1.58. The smallest absolute Gasteiger partial charge is 0.143 e. The van der Waals surface area contributed by atoms with Gasteiger partial charge in [-0.3, -0.25) is 4.99 Å². The highest BCUT2D eigenvalue weighted by Gasteiger charge is 2.22. The van der Waals surface area contributed by atoms with Crippen LogP contribution in [-0.4, -0.2) is 38.6 Å². The van der Waals surface area contributed by atoms with Crippen LogP contribution in [0.15, 0.2) is 34.7 Å². The minimum Gasteiger partial charge on any atom is -0.490 e. The van der Waals surface area contributed by atoms with Gasteiger partial charge < -0.3 is 14.8 Å². The number of hydrogen-bond acceptors (Lipinski definition) is 7. The Hall–Kier alpha value is -2.00. The summed E-state index contributed by atoms with van der Waals surface area (Å²) in [6.07, 6.45) is 0.870. The number of allylic oxidation sites excluding steroid dienone is 1. The quantitative estimate of drug-likeness (QED) is 0.294. The molecule has 3 rings (SSSR count). The van der Waals surface area contributed by atoms with Crippen molar-refractivity contribution >= 4 is 42.0 Å². The number of fused-ring (bicyclic) bond motifs is 1. The minimum atomic E-state index is -0.399. The fraction of sp³-hybridized carbons (Fsp3) is 0.300. The maximum Gasteiger partial charge on any atom is 0.143 e. The van der Waals surface area contributed by atoms with Crippen LogP contribution < -0.4 is 10.1 Å². The second-order valence-corrected chi connectivity index (χ2v) is 7.75. The Morgan fingerprint density at radius 3 is 2.93 bits per heavy atom. The van der Waals surface area contributed by atoms with Crippen LogP contribution in [0, 0.1) is 5.82 Å². The summed E-state index contributed by atoms with van der Waals surface area (Å²) in [5.41, 5.74) is 2.87. The third kappa shape index (κ3) is 4.52. The molecule has 1 aliphatic heterocycles. The van der Waals surface area contributed by atoms with E-state index in [1.54, 1.807) is 24.5 Å². The van der Waals surface area contributed by atoms with Crippen LogP contribution in [0.4, 0.5) is 4.39 Å². The zero-order valence-electron chi connectivity index (χ0n) is 15.6. The van der Waals surface area contributed by atoms with Crippen molar-refractivity contribution in [3.8, 4) is 5.75 Å². The second-order valence-electron chi connectivity index (χ2n) is 6.13. The molecule has 1 aromatic carbocycles. The minimum absolute atomic E-state index is 0.285. The molecule has 8 heteroatoms. The maximum absolute atomic E-state index is 13.9. The van der Waals surface area contributed by atoms with Crippen LogP contribution in [0.2, 0.25) is 0 Å². The molecule has 0 aliphatic carbocycles. The summed E-state index contributed by atoms with van der Waals surface area (Å²) >= 11 is 6.04. The van der Waals surface area contributed by atoms with Gasteiger partial charge in [-0.2, -0.15) is 0 Å². The van der Waals surface area contributed by atoms with Crippen LogP contribution in [0.5, 0.6) is 5.75 Å². The van der Waals surface area contributed by atoms with E-state index in [4.69, 9.17) is 14.5 Å². The van der Waals surface area contributed by atoms with Crippen LogP contribution in [-0.2, 0) is 17.7 Å². The maximum atomic E-state index is 13.9. The summed E-state index contributed by atoms with van der Waals surface area (Å²) in [6.45, 7) is 10.1. The van der Waals surface area contributed by atoms with E-state index in [2.05, 4.69) is 36.2 Å². The number of halogens is 1. The van der Waals surface area contributed by atoms with Gasteiger partial charge in [0.05, 0.1) is 12.3 Å². The number of nitrogens with zero attached hydrogens (tertiary/aromatic N) is 2. The van der Waals surface area contributed by atoms with Gasteiger partial charge in [-0.1, -0.05) is 6.58 Å².